The molecular formula is C11H9ClO3. The molecule has 3 nitrogen and oxygen atoms in total. The van der Waals surface area contributed by atoms with E-state index in [0.29, 0.717) is 22.3 Å². The lowest BCUT2D eigenvalue weighted by Gasteiger charge is -2.02. The molecular weight excluding hydrogens is 216 g/mol. The molecule has 1 aromatic heterocycles. The van der Waals surface area contributed by atoms with Crippen molar-refractivity contribution >= 4 is 22.6 Å². The Morgan fingerprint density at radius 1 is 1.47 bits per heavy atom. The van der Waals surface area contributed by atoms with Gasteiger partial charge in [0.05, 0.1) is 30.2 Å². The Bertz CT molecular complexity index is 545. The van der Waals surface area contributed by atoms with E-state index in [1.807, 2.05) is 0 Å². The molecule has 2 aromatic rings. The molecule has 0 amide bonds. The van der Waals surface area contributed by atoms with Crippen LogP contribution in [0.5, 0.6) is 5.75 Å². The van der Waals surface area contributed by atoms with Crippen LogP contribution in [0.25, 0.3) is 11.0 Å². The van der Waals surface area contributed by atoms with Crippen molar-refractivity contribution in [3.8, 4) is 5.75 Å². The Morgan fingerprint density at radius 3 is 2.93 bits per heavy atom. The highest BCUT2D eigenvalue weighted by Gasteiger charge is 2.06. The number of halogens is 1. The summed E-state index contributed by atoms with van der Waals surface area (Å²) in [6, 6.07) is 5.07. The van der Waals surface area contributed by atoms with Crippen LogP contribution in [0.2, 0.25) is 0 Å². The molecule has 0 radical (unpaired) electrons. The lowest BCUT2D eigenvalue weighted by Crippen LogP contribution is -2.06. The summed E-state index contributed by atoms with van der Waals surface area (Å²) >= 11 is 5.61. The molecule has 0 saturated heterocycles. The maximum Gasteiger partial charge on any atom is 0.197 e. The first kappa shape index (κ1) is 10.1. The van der Waals surface area contributed by atoms with Crippen molar-refractivity contribution in [1.82, 2.24) is 0 Å². The third kappa shape index (κ3) is 1.70. The molecule has 2 rings (SSSR count). The molecule has 0 N–H and O–H groups in total. The minimum absolute atomic E-state index is 0.0890. The van der Waals surface area contributed by atoms with E-state index in [2.05, 4.69) is 0 Å². The predicted molar refractivity (Wildman–Crippen MR) is 58.6 cm³/mol. The van der Waals surface area contributed by atoms with E-state index >= 15 is 0 Å². The number of methoxy groups -OCH3 is 1. The summed E-state index contributed by atoms with van der Waals surface area (Å²) in [5.41, 5.74) is 0.886. The summed E-state index contributed by atoms with van der Waals surface area (Å²) < 4.78 is 10.3. The van der Waals surface area contributed by atoms with Gasteiger partial charge in [0.1, 0.15) is 11.3 Å². The minimum Gasteiger partial charge on any atom is -0.497 e. The molecule has 4 heteroatoms. The number of hydrogen-bond donors (Lipinski definition) is 0. The largest absolute Gasteiger partial charge is 0.497 e. The van der Waals surface area contributed by atoms with Gasteiger partial charge in [-0.3, -0.25) is 4.79 Å². The van der Waals surface area contributed by atoms with Gasteiger partial charge in [0.2, 0.25) is 0 Å². The molecule has 0 unspecified atom stereocenters. The van der Waals surface area contributed by atoms with Gasteiger partial charge in [-0.15, -0.1) is 11.6 Å². The normalized spacial score (nSPS) is 10.5. The Hall–Kier alpha value is -1.48. The fourth-order valence-corrected chi connectivity index (χ4v) is 1.55. The highest BCUT2D eigenvalue weighted by molar-refractivity contribution is 6.17. The maximum absolute atomic E-state index is 11.8. The maximum atomic E-state index is 11.8. The van der Waals surface area contributed by atoms with Gasteiger partial charge in [-0.25, -0.2) is 0 Å². The van der Waals surface area contributed by atoms with Crippen molar-refractivity contribution in [2.75, 3.05) is 7.11 Å². The number of ether oxygens (including phenoxy) is 1. The topological polar surface area (TPSA) is 39.4 Å². The van der Waals surface area contributed by atoms with Crippen LogP contribution < -0.4 is 10.2 Å². The van der Waals surface area contributed by atoms with Crippen LogP contribution in [0.1, 0.15) is 5.56 Å². The summed E-state index contributed by atoms with van der Waals surface area (Å²) in [7, 11) is 1.56. The summed E-state index contributed by atoms with van der Waals surface area (Å²) in [5, 5.41) is 0.522. The van der Waals surface area contributed by atoms with Crippen LogP contribution in [0, 0.1) is 0 Å². The Labute approximate surface area is 91.2 Å². The highest BCUT2D eigenvalue weighted by atomic mass is 35.5. The van der Waals surface area contributed by atoms with Crippen LogP contribution >= 0.6 is 11.6 Å². The Kier molecular flexibility index (Phi) is 2.64. The average Bonchev–Trinajstić information content (AvgIpc) is 2.29. The van der Waals surface area contributed by atoms with Crippen LogP contribution in [0.4, 0.5) is 0 Å². The fraction of sp³-hybridized carbons (Fsp3) is 0.182. The number of alkyl halides is 1. The summed E-state index contributed by atoms with van der Waals surface area (Å²) in [4.78, 5) is 11.8. The van der Waals surface area contributed by atoms with Crippen LogP contribution in [0.3, 0.4) is 0 Å². The van der Waals surface area contributed by atoms with E-state index in [4.69, 9.17) is 20.8 Å². The zero-order valence-corrected chi connectivity index (χ0v) is 8.88. The van der Waals surface area contributed by atoms with E-state index in [1.54, 1.807) is 25.3 Å². The first-order chi connectivity index (χ1) is 7.26. The number of hydrogen-bond acceptors (Lipinski definition) is 3. The first-order valence-electron chi connectivity index (χ1n) is 4.40. The molecule has 0 saturated carbocycles. The van der Waals surface area contributed by atoms with Crippen molar-refractivity contribution in [3.63, 3.8) is 0 Å². The van der Waals surface area contributed by atoms with Gasteiger partial charge < -0.3 is 9.15 Å². The van der Waals surface area contributed by atoms with Crippen LogP contribution in [-0.4, -0.2) is 7.11 Å². The van der Waals surface area contributed by atoms with Crippen LogP contribution in [0.15, 0.2) is 33.7 Å². The molecule has 0 fully saturated rings. The minimum atomic E-state index is -0.0890. The monoisotopic (exact) mass is 224 g/mol. The van der Waals surface area contributed by atoms with Gasteiger partial charge in [-0.05, 0) is 12.1 Å². The SMILES string of the molecule is COc1ccc2c(=O)c(CCl)coc2c1. The quantitative estimate of drug-likeness (QED) is 0.736. The lowest BCUT2D eigenvalue weighted by molar-refractivity contribution is 0.414. The average molecular weight is 225 g/mol. The van der Waals surface area contributed by atoms with E-state index in [-0.39, 0.29) is 11.3 Å². The first-order valence-corrected chi connectivity index (χ1v) is 4.94. The molecule has 0 spiro atoms. The third-order valence-electron chi connectivity index (χ3n) is 2.20. The van der Waals surface area contributed by atoms with Crippen LogP contribution in [-0.2, 0) is 5.88 Å². The lowest BCUT2D eigenvalue weighted by atomic mass is 10.2. The molecule has 0 aliphatic carbocycles. The highest BCUT2D eigenvalue weighted by Crippen LogP contribution is 2.18. The molecule has 0 bridgehead atoms. The molecule has 0 atom stereocenters. The number of benzene rings is 1. The van der Waals surface area contributed by atoms with Crippen molar-refractivity contribution in [2.24, 2.45) is 0 Å². The molecule has 0 aliphatic rings. The second-order valence-corrected chi connectivity index (χ2v) is 3.35. The predicted octanol–water partition coefficient (Wildman–Crippen LogP) is 2.54. The van der Waals surface area contributed by atoms with Gasteiger partial charge in [-0.2, -0.15) is 0 Å². The molecule has 15 heavy (non-hydrogen) atoms. The van der Waals surface area contributed by atoms with E-state index in [0.717, 1.165) is 0 Å². The summed E-state index contributed by atoms with van der Waals surface area (Å²) in [6.07, 6.45) is 1.39. The van der Waals surface area contributed by atoms with Gasteiger partial charge in [-0.1, -0.05) is 0 Å². The third-order valence-corrected chi connectivity index (χ3v) is 2.49. The standard InChI is InChI=1S/C11H9ClO3/c1-14-8-2-3-9-10(4-8)15-6-7(5-12)11(9)13/h2-4,6H,5H2,1H3. The van der Waals surface area contributed by atoms with Gasteiger partial charge >= 0.3 is 0 Å². The molecule has 0 aliphatic heterocycles. The zero-order valence-electron chi connectivity index (χ0n) is 8.12. The number of fused-ring (bicyclic) bond motifs is 1. The van der Waals surface area contributed by atoms with Crippen molar-refractivity contribution < 1.29 is 9.15 Å². The molecule has 1 aromatic carbocycles. The van der Waals surface area contributed by atoms with Gasteiger partial charge in [0.15, 0.2) is 5.43 Å². The van der Waals surface area contributed by atoms with E-state index < -0.39 is 0 Å². The molecule has 1 heterocycles. The smallest absolute Gasteiger partial charge is 0.197 e. The Morgan fingerprint density at radius 2 is 2.27 bits per heavy atom. The second-order valence-electron chi connectivity index (χ2n) is 3.09. The Balaban J connectivity index is 2.74. The van der Waals surface area contributed by atoms with Gasteiger partial charge in [0, 0.05) is 6.07 Å². The van der Waals surface area contributed by atoms with Crippen molar-refractivity contribution in [1.29, 1.82) is 0 Å². The van der Waals surface area contributed by atoms with E-state index in [9.17, 15) is 4.79 Å². The fourth-order valence-electron chi connectivity index (χ4n) is 1.37. The summed E-state index contributed by atoms with van der Waals surface area (Å²) in [6.45, 7) is 0. The van der Waals surface area contributed by atoms with Crippen molar-refractivity contribution in [2.45, 2.75) is 5.88 Å². The summed E-state index contributed by atoms with van der Waals surface area (Å²) in [5.74, 6) is 0.814. The van der Waals surface area contributed by atoms with Gasteiger partial charge in [0.25, 0.3) is 0 Å². The number of rotatable bonds is 2. The van der Waals surface area contributed by atoms with Crippen molar-refractivity contribution in [3.05, 3.63) is 40.2 Å². The second kappa shape index (κ2) is 3.95. The van der Waals surface area contributed by atoms with E-state index in [1.165, 1.54) is 6.26 Å². The molecule has 78 valence electrons. The zero-order chi connectivity index (χ0) is 10.8.